The van der Waals surface area contributed by atoms with Crippen molar-refractivity contribution >= 4 is 0 Å². The van der Waals surface area contributed by atoms with Crippen molar-refractivity contribution in [3.8, 4) is 0 Å². The smallest absolute Gasteiger partial charge is 0.146 e. The average Bonchev–Trinajstić information content (AvgIpc) is 2.35. The molecule has 1 rings (SSSR count). The minimum absolute atomic E-state index is 0.775. The van der Waals surface area contributed by atoms with Crippen molar-refractivity contribution in [2.45, 2.75) is 19.8 Å². The van der Waals surface area contributed by atoms with Crippen LogP contribution in [0.3, 0.4) is 0 Å². The summed E-state index contributed by atoms with van der Waals surface area (Å²) < 4.78 is 2.88. The van der Waals surface area contributed by atoms with Crippen LogP contribution in [0.2, 0.25) is 0 Å². The van der Waals surface area contributed by atoms with Crippen molar-refractivity contribution in [2.24, 2.45) is 0 Å². The molecule has 0 saturated carbocycles. The Labute approximate surface area is 74.2 Å². The van der Waals surface area contributed by atoms with Crippen LogP contribution in [0.15, 0.2) is 12.5 Å². The Balaban J connectivity index is 2.77. The summed E-state index contributed by atoms with van der Waals surface area (Å²) in [6.07, 6.45) is 6.25. The van der Waals surface area contributed by atoms with Gasteiger partial charge in [-0.3, -0.25) is 0 Å². The molecule has 3 nitrogen and oxygen atoms in total. The highest BCUT2D eigenvalue weighted by atomic mass is 15.7. The predicted octanol–water partition coefficient (Wildman–Crippen LogP) is 1.16. The van der Waals surface area contributed by atoms with Gasteiger partial charge in [-0.2, -0.15) is 4.68 Å². The molecule has 0 atom stereocenters. The van der Waals surface area contributed by atoms with E-state index in [0.29, 0.717) is 0 Å². The van der Waals surface area contributed by atoms with Crippen LogP contribution in [0.4, 0.5) is 0 Å². The largest absolute Gasteiger partial charge is 0.236 e. The number of quaternary nitrogens is 1. The number of hydrogen-bond donors (Lipinski definition) is 0. The molecule has 0 aliphatic rings. The van der Waals surface area contributed by atoms with E-state index in [1.54, 1.807) is 0 Å². The maximum Gasteiger partial charge on any atom is 0.146 e. The maximum atomic E-state index is 4.32. The van der Waals surface area contributed by atoms with Gasteiger partial charge in [0.25, 0.3) is 0 Å². The van der Waals surface area contributed by atoms with Crippen LogP contribution >= 0.6 is 0 Å². The number of rotatable bonds is 3. The van der Waals surface area contributed by atoms with E-state index in [-0.39, 0.29) is 0 Å². The monoisotopic (exact) mass is 168 g/mol. The lowest BCUT2D eigenvalue weighted by atomic mass is 10.3. The van der Waals surface area contributed by atoms with Gasteiger partial charge in [0, 0.05) is 0 Å². The van der Waals surface area contributed by atoms with Gasteiger partial charge in [0.1, 0.15) is 6.33 Å². The molecule has 0 unspecified atom stereocenters. The second kappa shape index (κ2) is 3.27. The molecule has 0 aromatic carbocycles. The minimum Gasteiger partial charge on any atom is -0.236 e. The van der Waals surface area contributed by atoms with Gasteiger partial charge in [0.15, 0.2) is 0 Å². The molecule has 0 bridgehead atoms. The molecule has 1 heterocycles. The third-order valence-corrected chi connectivity index (χ3v) is 1.82. The fourth-order valence-corrected chi connectivity index (χ4v) is 1.07. The summed E-state index contributed by atoms with van der Waals surface area (Å²) in [5, 5.41) is 0. The Kier molecular flexibility index (Phi) is 2.52. The molecule has 3 heteroatoms. The second-order valence-electron chi connectivity index (χ2n) is 3.94. The molecule has 0 N–H and O–H groups in total. The lowest BCUT2D eigenvalue weighted by Crippen LogP contribution is -2.45. The summed E-state index contributed by atoms with van der Waals surface area (Å²) in [5.74, 6) is 0. The first-order valence-corrected chi connectivity index (χ1v) is 4.39. The van der Waals surface area contributed by atoms with Crippen LogP contribution < -0.4 is 4.59 Å². The van der Waals surface area contributed by atoms with Gasteiger partial charge in [-0.25, -0.2) is 9.58 Å². The molecule has 0 aliphatic heterocycles. The Bertz CT molecular complexity index is 245. The van der Waals surface area contributed by atoms with E-state index in [4.69, 9.17) is 0 Å². The van der Waals surface area contributed by atoms with E-state index < -0.39 is 0 Å². The molecule has 12 heavy (non-hydrogen) atoms. The molecule has 1 aromatic heterocycles. The third kappa shape index (κ3) is 2.08. The van der Waals surface area contributed by atoms with Crippen molar-refractivity contribution in [3.63, 3.8) is 0 Å². The van der Waals surface area contributed by atoms with Crippen LogP contribution in [0.25, 0.3) is 0 Å². The van der Waals surface area contributed by atoms with Crippen molar-refractivity contribution < 1.29 is 0 Å². The lowest BCUT2D eigenvalue weighted by molar-refractivity contribution is 0.258. The summed E-state index contributed by atoms with van der Waals surface area (Å²) in [6.45, 7) is 2.17. The topological polar surface area (TPSA) is 17.8 Å². The fourth-order valence-electron chi connectivity index (χ4n) is 1.07. The molecule has 0 radical (unpaired) electrons. The zero-order valence-electron chi connectivity index (χ0n) is 8.41. The highest BCUT2D eigenvalue weighted by molar-refractivity contribution is 4.97. The molecule has 0 amide bonds. The summed E-state index contributed by atoms with van der Waals surface area (Å²) in [4.78, 5) is 4.32. The number of imidazole rings is 1. The van der Waals surface area contributed by atoms with Crippen LogP contribution in [0, 0.1) is 0 Å². The predicted molar refractivity (Wildman–Crippen MR) is 51.5 cm³/mol. The first kappa shape index (κ1) is 9.26. The van der Waals surface area contributed by atoms with Gasteiger partial charge in [0.2, 0.25) is 0 Å². The number of hydrogen-bond acceptors (Lipinski definition) is 1. The van der Waals surface area contributed by atoms with E-state index in [1.165, 1.54) is 5.69 Å². The second-order valence-corrected chi connectivity index (χ2v) is 3.94. The maximum absolute atomic E-state index is 4.32. The summed E-state index contributed by atoms with van der Waals surface area (Å²) in [7, 11) is 6.37. The molecule has 68 valence electrons. The highest BCUT2D eigenvalue weighted by Crippen LogP contribution is 2.01. The first-order valence-electron chi connectivity index (χ1n) is 4.39. The normalized spacial score (nSPS) is 12.0. The van der Waals surface area contributed by atoms with E-state index in [2.05, 4.69) is 43.9 Å². The molecule has 1 aromatic rings. The zero-order chi connectivity index (χ0) is 9.19. The molecular weight excluding hydrogens is 150 g/mol. The van der Waals surface area contributed by atoms with Gasteiger partial charge >= 0.3 is 0 Å². The van der Waals surface area contributed by atoms with Crippen LogP contribution in [-0.4, -0.2) is 30.8 Å². The Morgan fingerprint density at radius 3 is 2.50 bits per heavy atom. The lowest BCUT2D eigenvalue weighted by Gasteiger charge is -2.23. The average molecular weight is 168 g/mol. The first-order chi connectivity index (χ1) is 5.54. The van der Waals surface area contributed by atoms with Crippen molar-refractivity contribution in [1.82, 2.24) is 14.3 Å². The standard InChI is InChI=1S/C9H18N3/c1-5-6-9-7-11(8-10-9)12(2,3)4/h7-8H,5-6H2,1-4H3/q+1. The quantitative estimate of drug-likeness (QED) is 0.619. The number of aromatic nitrogens is 2. The Morgan fingerprint density at radius 2 is 2.08 bits per heavy atom. The van der Waals surface area contributed by atoms with E-state index >= 15 is 0 Å². The van der Waals surface area contributed by atoms with Gasteiger partial charge < -0.3 is 0 Å². The van der Waals surface area contributed by atoms with Gasteiger partial charge in [-0.15, -0.1) is 0 Å². The van der Waals surface area contributed by atoms with Gasteiger partial charge in [-0.1, -0.05) is 13.3 Å². The summed E-state index contributed by atoms with van der Waals surface area (Å²) in [5.41, 5.74) is 1.19. The van der Waals surface area contributed by atoms with E-state index in [1.807, 2.05) is 6.33 Å². The van der Waals surface area contributed by atoms with Crippen molar-refractivity contribution in [1.29, 1.82) is 0 Å². The third-order valence-electron chi connectivity index (χ3n) is 1.82. The molecule has 0 fully saturated rings. The summed E-state index contributed by atoms with van der Waals surface area (Å²) >= 11 is 0. The van der Waals surface area contributed by atoms with Crippen molar-refractivity contribution in [2.75, 3.05) is 21.1 Å². The Hall–Kier alpha value is -0.830. The summed E-state index contributed by atoms with van der Waals surface area (Å²) in [6, 6.07) is 0. The Morgan fingerprint density at radius 1 is 1.42 bits per heavy atom. The molecule has 0 saturated heterocycles. The van der Waals surface area contributed by atoms with Crippen LogP contribution in [-0.2, 0) is 6.42 Å². The number of aryl methyl sites for hydroxylation is 1. The molecular formula is C9H18N3+. The van der Waals surface area contributed by atoms with E-state index in [9.17, 15) is 0 Å². The zero-order valence-corrected chi connectivity index (χ0v) is 8.41. The molecule has 0 spiro atoms. The SMILES string of the molecule is CCCc1cn([N+](C)(C)C)cn1. The minimum atomic E-state index is 0.775. The fraction of sp³-hybridized carbons (Fsp3) is 0.667. The van der Waals surface area contributed by atoms with Crippen LogP contribution in [0.1, 0.15) is 19.0 Å². The number of nitrogens with zero attached hydrogens (tertiary/aromatic N) is 3. The van der Waals surface area contributed by atoms with Gasteiger partial charge in [-0.05, 0) is 6.42 Å². The van der Waals surface area contributed by atoms with Gasteiger partial charge in [0.05, 0.1) is 33.0 Å². The molecule has 0 aliphatic carbocycles. The van der Waals surface area contributed by atoms with Crippen LogP contribution in [0.5, 0.6) is 0 Å². The van der Waals surface area contributed by atoms with Crippen molar-refractivity contribution in [3.05, 3.63) is 18.2 Å². The highest BCUT2D eigenvalue weighted by Gasteiger charge is 2.10. The van der Waals surface area contributed by atoms with E-state index in [0.717, 1.165) is 17.4 Å².